The van der Waals surface area contributed by atoms with E-state index in [-0.39, 0.29) is 11.5 Å². The zero-order valence-corrected chi connectivity index (χ0v) is 15.9. The highest BCUT2D eigenvalue weighted by Crippen LogP contribution is 2.62. The summed E-state index contributed by atoms with van der Waals surface area (Å²) in [6, 6.07) is 4.70. The van der Waals surface area contributed by atoms with Crippen molar-refractivity contribution in [1.82, 2.24) is 4.90 Å². The van der Waals surface area contributed by atoms with Gasteiger partial charge in [-0.15, -0.1) is 0 Å². The molecule has 1 fully saturated rings. The van der Waals surface area contributed by atoms with Crippen LogP contribution in [0.3, 0.4) is 0 Å². The van der Waals surface area contributed by atoms with Gasteiger partial charge in [-0.05, 0) is 43.9 Å². The SMILES string of the molecule is CBr.COc1ccc2c3c1O[C@H]1[C@@H](O)C=C[C@H]4[C@@H](C2)N(C)CC[C@@]341. The molecule has 5 atom stereocenters. The highest BCUT2D eigenvalue weighted by molar-refractivity contribution is 9.08. The van der Waals surface area contributed by atoms with Gasteiger partial charge in [0.2, 0.25) is 0 Å². The van der Waals surface area contributed by atoms with E-state index < -0.39 is 6.10 Å². The molecule has 2 heterocycles. The number of halogens is 1. The Bertz CT molecular complexity index is 691. The van der Waals surface area contributed by atoms with Crippen LogP contribution in [-0.2, 0) is 11.8 Å². The summed E-state index contributed by atoms with van der Waals surface area (Å²) in [6.45, 7) is 1.05. The van der Waals surface area contributed by atoms with Gasteiger partial charge in [-0.3, -0.25) is 0 Å². The van der Waals surface area contributed by atoms with Crippen molar-refractivity contribution in [3.8, 4) is 11.5 Å². The van der Waals surface area contributed by atoms with Crippen molar-refractivity contribution < 1.29 is 14.6 Å². The number of methoxy groups -OCH3 is 1. The lowest BCUT2D eigenvalue weighted by Crippen LogP contribution is -2.64. The second-order valence-electron chi connectivity index (χ2n) is 7.11. The maximum atomic E-state index is 10.6. The lowest BCUT2D eigenvalue weighted by atomic mass is 9.53. The third kappa shape index (κ3) is 1.86. The minimum atomic E-state index is -0.539. The summed E-state index contributed by atoms with van der Waals surface area (Å²) in [5.41, 5.74) is 2.60. The molecule has 0 aromatic heterocycles. The van der Waals surface area contributed by atoms with E-state index in [1.54, 1.807) is 7.11 Å². The van der Waals surface area contributed by atoms with E-state index in [4.69, 9.17) is 9.47 Å². The first-order valence-corrected chi connectivity index (χ1v) is 10.1. The van der Waals surface area contributed by atoms with Crippen LogP contribution in [0.2, 0.25) is 0 Å². The fourth-order valence-electron chi connectivity index (χ4n) is 5.39. The summed E-state index contributed by atoms with van der Waals surface area (Å²) in [5.74, 6) is 3.90. The maximum Gasteiger partial charge on any atom is 0.165 e. The predicted octanol–water partition coefficient (Wildman–Crippen LogP) is 2.51. The van der Waals surface area contributed by atoms with E-state index in [0.29, 0.717) is 12.0 Å². The van der Waals surface area contributed by atoms with E-state index in [9.17, 15) is 5.11 Å². The average Bonchev–Trinajstić information content (AvgIpc) is 2.97. The molecule has 1 N–H and O–H groups in total. The van der Waals surface area contributed by atoms with E-state index >= 15 is 0 Å². The highest BCUT2D eigenvalue weighted by atomic mass is 79.9. The molecule has 1 aromatic carbocycles. The normalized spacial score (nSPS) is 37.9. The number of aliphatic hydroxyl groups is 1. The van der Waals surface area contributed by atoms with E-state index in [2.05, 4.69) is 40.0 Å². The van der Waals surface area contributed by atoms with E-state index in [1.807, 2.05) is 18.0 Å². The van der Waals surface area contributed by atoms with Gasteiger partial charge in [0.25, 0.3) is 0 Å². The van der Waals surface area contributed by atoms with E-state index in [0.717, 1.165) is 30.9 Å². The van der Waals surface area contributed by atoms with Gasteiger partial charge in [-0.25, -0.2) is 0 Å². The summed E-state index contributed by atoms with van der Waals surface area (Å²) in [5, 5.41) is 10.6. The predicted molar refractivity (Wildman–Crippen MR) is 97.3 cm³/mol. The summed E-state index contributed by atoms with van der Waals surface area (Å²) < 4.78 is 11.8. The van der Waals surface area contributed by atoms with Crippen LogP contribution in [0.4, 0.5) is 0 Å². The second kappa shape index (κ2) is 5.75. The third-order valence-corrected chi connectivity index (χ3v) is 6.35. The number of likely N-dealkylation sites (N-methyl/N-ethyl adjacent to an activating group) is 1. The van der Waals surface area contributed by atoms with Crippen molar-refractivity contribution in [2.45, 2.75) is 36.5 Å². The lowest BCUT2D eigenvalue weighted by molar-refractivity contribution is -0.0453. The zero-order chi connectivity index (χ0) is 17.1. The van der Waals surface area contributed by atoms with Gasteiger partial charge in [0.15, 0.2) is 11.5 Å². The Morgan fingerprint density at radius 2 is 2.12 bits per heavy atom. The lowest BCUT2D eigenvalue weighted by Gasteiger charge is -2.56. The van der Waals surface area contributed by atoms with Crippen molar-refractivity contribution in [3.63, 3.8) is 0 Å². The van der Waals surface area contributed by atoms with Gasteiger partial charge in [0.1, 0.15) is 12.2 Å². The molecule has 0 saturated carbocycles. The fourth-order valence-corrected chi connectivity index (χ4v) is 5.39. The number of rotatable bonds is 1. The van der Waals surface area contributed by atoms with Crippen molar-refractivity contribution in [3.05, 3.63) is 35.4 Å². The molecule has 2 bridgehead atoms. The number of hydrogen-bond donors (Lipinski definition) is 1. The van der Waals surface area contributed by atoms with Crippen molar-refractivity contribution in [2.75, 3.05) is 26.5 Å². The van der Waals surface area contributed by atoms with Crippen LogP contribution in [0.1, 0.15) is 17.5 Å². The fraction of sp³-hybridized carbons (Fsp3) is 0.579. The molecule has 24 heavy (non-hydrogen) atoms. The molecule has 4 aliphatic rings. The van der Waals surface area contributed by atoms with Crippen LogP contribution in [0.5, 0.6) is 11.5 Å². The minimum Gasteiger partial charge on any atom is -0.493 e. The third-order valence-electron chi connectivity index (χ3n) is 6.35. The Morgan fingerprint density at radius 1 is 1.33 bits per heavy atom. The zero-order valence-electron chi connectivity index (χ0n) is 14.3. The van der Waals surface area contributed by atoms with Gasteiger partial charge in [0, 0.05) is 22.9 Å². The molecular weight excluding hydrogens is 370 g/mol. The number of aliphatic hydroxyl groups excluding tert-OH is 1. The van der Waals surface area contributed by atoms with Gasteiger partial charge < -0.3 is 19.5 Å². The first kappa shape index (κ1) is 16.4. The Labute approximate surface area is 151 Å². The van der Waals surface area contributed by atoms with Crippen LogP contribution in [0.15, 0.2) is 24.3 Å². The maximum absolute atomic E-state index is 10.6. The summed E-state index contributed by atoms with van der Waals surface area (Å²) >= 11 is 2.94. The number of alkyl halides is 1. The van der Waals surface area contributed by atoms with Gasteiger partial charge in [-0.1, -0.05) is 34.1 Å². The first-order chi connectivity index (χ1) is 11.7. The molecule has 1 saturated heterocycles. The van der Waals surface area contributed by atoms with Gasteiger partial charge in [0.05, 0.1) is 7.11 Å². The summed E-state index contributed by atoms with van der Waals surface area (Å²) in [7, 11) is 3.91. The number of ether oxygens (including phenoxy) is 2. The van der Waals surface area contributed by atoms with Crippen LogP contribution in [-0.4, -0.2) is 54.8 Å². The first-order valence-electron chi connectivity index (χ1n) is 8.48. The van der Waals surface area contributed by atoms with E-state index in [1.165, 1.54) is 11.1 Å². The van der Waals surface area contributed by atoms with Crippen molar-refractivity contribution >= 4 is 15.9 Å². The molecular formula is C19H24BrNO3. The molecule has 1 spiro atoms. The largest absolute Gasteiger partial charge is 0.493 e. The molecule has 5 heteroatoms. The molecule has 0 radical (unpaired) electrons. The molecule has 2 aliphatic carbocycles. The number of likely N-dealkylation sites (tertiary alicyclic amines) is 1. The van der Waals surface area contributed by atoms with Gasteiger partial charge in [-0.2, -0.15) is 0 Å². The highest BCUT2D eigenvalue weighted by Gasteiger charge is 2.64. The number of hydrogen-bond acceptors (Lipinski definition) is 4. The molecule has 4 nitrogen and oxygen atoms in total. The van der Waals surface area contributed by atoms with Crippen LogP contribution >= 0.6 is 15.9 Å². The number of nitrogens with zero attached hydrogens (tertiary/aromatic N) is 1. The molecule has 1 aromatic rings. The standard InChI is InChI=1S/C18H21NO3.CH3Br/c1-19-8-7-18-11-4-5-13(20)17(18)22-16-14(21-2)6-3-10(15(16)18)9-12(11)19;1-2/h3-6,11-13,17,20H,7-9H2,1-2H3;1H3/t11-,12+,13-,17-,18-;/m0./s1. The van der Waals surface area contributed by atoms with Crippen LogP contribution < -0.4 is 9.47 Å². The summed E-state index contributed by atoms with van der Waals surface area (Å²) in [4.78, 5) is 2.47. The molecule has 5 rings (SSSR count). The Kier molecular flexibility index (Phi) is 3.94. The Morgan fingerprint density at radius 3 is 2.88 bits per heavy atom. The van der Waals surface area contributed by atoms with Gasteiger partial charge >= 0.3 is 0 Å². The molecule has 130 valence electrons. The Hall–Kier alpha value is -1.04. The molecule has 0 unspecified atom stereocenters. The molecule has 0 amide bonds. The second-order valence-corrected chi connectivity index (χ2v) is 7.11. The number of piperidine rings is 1. The summed E-state index contributed by atoms with van der Waals surface area (Å²) in [6.07, 6.45) is 5.54. The quantitative estimate of drug-likeness (QED) is 0.587. The monoisotopic (exact) mass is 393 g/mol. The van der Waals surface area contributed by atoms with Crippen LogP contribution in [0.25, 0.3) is 0 Å². The van der Waals surface area contributed by atoms with Crippen molar-refractivity contribution in [2.24, 2.45) is 5.92 Å². The van der Waals surface area contributed by atoms with Crippen LogP contribution in [0, 0.1) is 5.92 Å². The average molecular weight is 394 g/mol. The van der Waals surface area contributed by atoms with Crippen molar-refractivity contribution in [1.29, 1.82) is 0 Å². The number of benzene rings is 1. The smallest absolute Gasteiger partial charge is 0.165 e. The topological polar surface area (TPSA) is 41.9 Å². The molecule has 2 aliphatic heterocycles. The minimum absolute atomic E-state index is 0.0806. The Balaban J connectivity index is 0.000000704.